The van der Waals surface area contributed by atoms with Crippen molar-refractivity contribution in [1.29, 1.82) is 0 Å². The molecule has 0 heterocycles. The number of fused-ring (bicyclic) bond motifs is 1. The fourth-order valence-corrected chi connectivity index (χ4v) is 4.10. The molecule has 5 heteroatoms. The van der Waals surface area contributed by atoms with Crippen LogP contribution in [0.5, 0.6) is 0 Å². The quantitative estimate of drug-likeness (QED) is 0.379. The van der Waals surface area contributed by atoms with E-state index < -0.39 is 0 Å². The molecule has 3 aromatic carbocycles. The lowest BCUT2D eigenvalue weighted by Gasteiger charge is -2.08. The number of carbonyl (C=O) groups is 1. The molecule has 0 saturated carbocycles. The Morgan fingerprint density at radius 2 is 1.76 bits per heavy atom. The van der Waals surface area contributed by atoms with Gasteiger partial charge in [0.05, 0.1) is 5.75 Å². The molecule has 0 saturated heterocycles. The molecule has 0 aliphatic rings. The number of thioether (sulfide) groups is 2. The Bertz CT molecular complexity index is 873. The number of hydrogen-bond acceptors (Lipinski definition) is 4. The van der Waals surface area contributed by atoms with E-state index in [2.05, 4.69) is 0 Å². The number of hydrogen-bond donors (Lipinski definition) is 0. The van der Waals surface area contributed by atoms with Crippen molar-refractivity contribution in [2.75, 3.05) is 12.0 Å². The number of ether oxygens (including phenoxy) is 1. The van der Waals surface area contributed by atoms with Crippen LogP contribution in [0.25, 0.3) is 10.8 Å². The van der Waals surface area contributed by atoms with Crippen LogP contribution in [0.2, 0.25) is 5.02 Å². The van der Waals surface area contributed by atoms with Gasteiger partial charge in [-0.3, -0.25) is 4.79 Å². The standard InChI is InChI=1S/C20H17ClO2S2/c1-24-16-10-8-14(9-11-16)12-23-19(22)13-25-18-7-3-5-15-4-2-6-17(21)20(15)18/h2-11H,12-13H2,1H3. The van der Waals surface area contributed by atoms with Gasteiger partial charge in [0.1, 0.15) is 6.61 Å². The largest absolute Gasteiger partial charge is 0.460 e. The molecule has 2 nitrogen and oxygen atoms in total. The van der Waals surface area contributed by atoms with Crippen molar-refractivity contribution in [3.63, 3.8) is 0 Å². The van der Waals surface area contributed by atoms with Crippen molar-refractivity contribution in [1.82, 2.24) is 0 Å². The van der Waals surface area contributed by atoms with Crippen molar-refractivity contribution in [3.8, 4) is 0 Å². The van der Waals surface area contributed by atoms with Crippen LogP contribution in [0.1, 0.15) is 5.56 Å². The van der Waals surface area contributed by atoms with Crippen LogP contribution in [-0.4, -0.2) is 18.0 Å². The van der Waals surface area contributed by atoms with E-state index in [0.717, 1.165) is 21.2 Å². The lowest BCUT2D eigenvalue weighted by Crippen LogP contribution is -2.07. The summed E-state index contributed by atoms with van der Waals surface area (Å²) < 4.78 is 5.37. The van der Waals surface area contributed by atoms with E-state index in [9.17, 15) is 4.79 Å². The summed E-state index contributed by atoms with van der Waals surface area (Å²) in [6.45, 7) is 0.296. The van der Waals surface area contributed by atoms with E-state index in [1.807, 2.05) is 66.9 Å². The second kappa shape index (κ2) is 8.65. The highest BCUT2D eigenvalue weighted by Crippen LogP contribution is 2.33. The van der Waals surface area contributed by atoms with E-state index in [-0.39, 0.29) is 11.7 Å². The molecule has 0 N–H and O–H groups in total. The maximum atomic E-state index is 12.1. The van der Waals surface area contributed by atoms with Crippen LogP contribution in [0.3, 0.4) is 0 Å². The third-order valence-electron chi connectivity index (χ3n) is 3.72. The van der Waals surface area contributed by atoms with Crippen LogP contribution in [0, 0.1) is 0 Å². The van der Waals surface area contributed by atoms with Gasteiger partial charge in [-0.15, -0.1) is 23.5 Å². The molecule has 0 aliphatic carbocycles. The molecule has 0 bridgehead atoms. The van der Waals surface area contributed by atoms with Gasteiger partial charge in [0.2, 0.25) is 0 Å². The Hall–Kier alpha value is -1.62. The molecule has 0 spiro atoms. The molecule has 0 fully saturated rings. The minimum Gasteiger partial charge on any atom is -0.460 e. The van der Waals surface area contributed by atoms with Crippen molar-refractivity contribution >= 4 is 51.9 Å². The van der Waals surface area contributed by atoms with Gasteiger partial charge in [-0.2, -0.15) is 0 Å². The molecular weight excluding hydrogens is 372 g/mol. The Kier molecular flexibility index (Phi) is 6.29. The van der Waals surface area contributed by atoms with Crippen molar-refractivity contribution in [3.05, 3.63) is 71.2 Å². The summed E-state index contributed by atoms with van der Waals surface area (Å²) in [7, 11) is 0. The third kappa shape index (κ3) is 4.72. The molecule has 0 aliphatic heterocycles. The second-order valence-corrected chi connectivity index (χ2v) is 7.70. The highest BCUT2D eigenvalue weighted by Gasteiger charge is 2.09. The predicted molar refractivity (Wildman–Crippen MR) is 108 cm³/mol. The molecule has 128 valence electrons. The normalized spacial score (nSPS) is 10.8. The van der Waals surface area contributed by atoms with E-state index in [1.54, 1.807) is 11.8 Å². The maximum Gasteiger partial charge on any atom is 0.316 e. The molecule has 3 aromatic rings. The zero-order valence-electron chi connectivity index (χ0n) is 13.7. The SMILES string of the molecule is CSc1ccc(COC(=O)CSc2cccc3cccc(Cl)c23)cc1. The van der Waals surface area contributed by atoms with Crippen LogP contribution in [-0.2, 0) is 16.1 Å². The maximum absolute atomic E-state index is 12.1. The van der Waals surface area contributed by atoms with Crippen molar-refractivity contribution in [2.24, 2.45) is 0 Å². The molecule has 0 unspecified atom stereocenters. The Labute approximate surface area is 160 Å². The second-order valence-electron chi connectivity index (χ2n) is 5.39. The minimum atomic E-state index is -0.233. The Morgan fingerprint density at radius 3 is 2.48 bits per heavy atom. The average molecular weight is 389 g/mol. The monoisotopic (exact) mass is 388 g/mol. The molecular formula is C20H17ClO2S2. The molecule has 0 amide bonds. The predicted octanol–water partition coefficient (Wildman–Crippen LogP) is 6.05. The van der Waals surface area contributed by atoms with Gasteiger partial charge in [-0.05, 0) is 41.5 Å². The number of rotatable bonds is 6. The van der Waals surface area contributed by atoms with Gasteiger partial charge < -0.3 is 4.74 Å². The van der Waals surface area contributed by atoms with E-state index in [0.29, 0.717) is 11.6 Å². The van der Waals surface area contributed by atoms with Gasteiger partial charge >= 0.3 is 5.97 Å². The van der Waals surface area contributed by atoms with Gasteiger partial charge in [0.25, 0.3) is 0 Å². The van der Waals surface area contributed by atoms with Crippen molar-refractivity contribution in [2.45, 2.75) is 16.4 Å². The zero-order valence-corrected chi connectivity index (χ0v) is 16.1. The molecule has 0 atom stereocenters. The minimum absolute atomic E-state index is 0.233. The summed E-state index contributed by atoms with van der Waals surface area (Å²) in [4.78, 5) is 14.2. The first-order valence-electron chi connectivity index (χ1n) is 7.76. The highest BCUT2D eigenvalue weighted by molar-refractivity contribution is 8.00. The number of halogens is 1. The summed E-state index contributed by atoms with van der Waals surface area (Å²) in [5.41, 5.74) is 0.990. The first-order valence-corrected chi connectivity index (χ1v) is 10.3. The smallest absolute Gasteiger partial charge is 0.316 e. The van der Waals surface area contributed by atoms with Crippen molar-refractivity contribution < 1.29 is 9.53 Å². The Morgan fingerprint density at radius 1 is 1.04 bits per heavy atom. The van der Waals surface area contributed by atoms with E-state index >= 15 is 0 Å². The fraction of sp³-hybridized carbons (Fsp3) is 0.150. The number of esters is 1. The van der Waals surface area contributed by atoms with Crippen LogP contribution in [0.4, 0.5) is 0 Å². The van der Waals surface area contributed by atoms with Gasteiger partial charge in [-0.1, -0.05) is 48.0 Å². The van der Waals surface area contributed by atoms with Crippen LogP contribution in [0.15, 0.2) is 70.5 Å². The molecule has 25 heavy (non-hydrogen) atoms. The average Bonchev–Trinajstić information content (AvgIpc) is 2.65. The number of benzene rings is 3. The van der Waals surface area contributed by atoms with Gasteiger partial charge in [-0.25, -0.2) is 0 Å². The van der Waals surface area contributed by atoms with Crippen LogP contribution >= 0.6 is 35.1 Å². The zero-order chi connectivity index (χ0) is 17.6. The lowest BCUT2D eigenvalue weighted by atomic mass is 10.1. The summed E-state index contributed by atoms with van der Waals surface area (Å²) in [6.07, 6.45) is 2.03. The topological polar surface area (TPSA) is 26.3 Å². The highest BCUT2D eigenvalue weighted by atomic mass is 35.5. The Balaban J connectivity index is 1.59. The summed E-state index contributed by atoms with van der Waals surface area (Å²) in [5.74, 6) is 0.0238. The first kappa shape index (κ1) is 18.2. The van der Waals surface area contributed by atoms with E-state index in [4.69, 9.17) is 16.3 Å². The summed E-state index contributed by atoms with van der Waals surface area (Å²) >= 11 is 9.45. The molecule has 0 radical (unpaired) electrons. The lowest BCUT2D eigenvalue weighted by molar-refractivity contribution is -0.141. The molecule has 3 rings (SSSR count). The van der Waals surface area contributed by atoms with E-state index in [1.165, 1.54) is 16.7 Å². The van der Waals surface area contributed by atoms with Crippen LogP contribution < -0.4 is 0 Å². The van der Waals surface area contributed by atoms with Gasteiger partial charge in [0, 0.05) is 20.2 Å². The first-order chi connectivity index (χ1) is 12.2. The summed E-state index contributed by atoms with van der Waals surface area (Å²) in [6, 6.07) is 19.8. The third-order valence-corrected chi connectivity index (χ3v) is 5.81. The summed E-state index contributed by atoms with van der Waals surface area (Å²) in [5, 5.41) is 2.75. The number of carbonyl (C=O) groups excluding carboxylic acids is 1. The fourth-order valence-electron chi connectivity index (χ4n) is 2.45. The van der Waals surface area contributed by atoms with Gasteiger partial charge in [0.15, 0.2) is 0 Å². The molecule has 0 aromatic heterocycles.